The Balaban J connectivity index is 2.01. The van der Waals surface area contributed by atoms with Gasteiger partial charge in [0.15, 0.2) is 11.5 Å². The average molecular weight is 394 g/mol. The van der Waals surface area contributed by atoms with Gasteiger partial charge in [0, 0.05) is 18.3 Å². The SMILES string of the molecule is CCCN1C(=O)C(Nc2ccc(OCC)c(OCC)c2)=C(c2ccccc2)C1=O. The number of carbonyl (C=O) groups is 2. The van der Waals surface area contributed by atoms with E-state index in [-0.39, 0.29) is 17.5 Å². The monoisotopic (exact) mass is 394 g/mol. The van der Waals surface area contributed by atoms with Crippen LogP contribution in [0.4, 0.5) is 5.69 Å². The van der Waals surface area contributed by atoms with Gasteiger partial charge in [-0.15, -0.1) is 0 Å². The lowest BCUT2D eigenvalue weighted by Gasteiger charge is -2.15. The molecule has 0 saturated heterocycles. The number of nitrogens with one attached hydrogen (secondary N) is 1. The Morgan fingerprint density at radius 1 is 0.862 bits per heavy atom. The number of nitrogens with zero attached hydrogens (tertiary/aromatic N) is 1. The third-order valence-electron chi connectivity index (χ3n) is 4.49. The van der Waals surface area contributed by atoms with Crippen molar-refractivity contribution in [2.45, 2.75) is 27.2 Å². The van der Waals surface area contributed by atoms with E-state index in [0.29, 0.717) is 54.5 Å². The fourth-order valence-electron chi connectivity index (χ4n) is 3.26. The molecule has 1 aliphatic rings. The number of amides is 2. The van der Waals surface area contributed by atoms with E-state index in [1.54, 1.807) is 12.1 Å². The highest BCUT2D eigenvalue weighted by molar-refractivity contribution is 6.36. The highest BCUT2D eigenvalue weighted by atomic mass is 16.5. The number of anilines is 1. The molecule has 6 nitrogen and oxygen atoms in total. The molecule has 152 valence electrons. The first kappa shape index (κ1) is 20.5. The van der Waals surface area contributed by atoms with Gasteiger partial charge >= 0.3 is 0 Å². The summed E-state index contributed by atoms with van der Waals surface area (Å²) in [5.74, 6) is 0.631. The summed E-state index contributed by atoms with van der Waals surface area (Å²) in [6, 6.07) is 14.6. The first-order valence-corrected chi connectivity index (χ1v) is 9.93. The molecule has 2 amide bonds. The van der Waals surface area contributed by atoms with Gasteiger partial charge in [0.1, 0.15) is 5.70 Å². The van der Waals surface area contributed by atoms with Gasteiger partial charge in [-0.05, 0) is 38.0 Å². The minimum absolute atomic E-state index is 0.276. The van der Waals surface area contributed by atoms with Crippen LogP contribution in [-0.4, -0.2) is 36.5 Å². The van der Waals surface area contributed by atoms with Crippen molar-refractivity contribution in [2.75, 3.05) is 25.1 Å². The van der Waals surface area contributed by atoms with Gasteiger partial charge in [-0.1, -0.05) is 37.3 Å². The van der Waals surface area contributed by atoms with Crippen LogP contribution < -0.4 is 14.8 Å². The fourth-order valence-corrected chi connectivity index (χ4v) is 3.26. The van der Waals surface area contributed by atoms with Crippen LogP contribution in [0.2, 0.25) is 0 Å². The minimum atomic E-state index is -0.317. The van der Waals surface area contributed by atoms with Crippen molar-refractivity contribution in [2.24, 2.45) is 0 Å². The lowest BCUT2D eigenvalue weighted by atomic mass is 10.0. The van der Waals surface area contributed by atoms with Crippen LogP contribution >= 0.6 is 0 Å². The molecular formula is C23H26N2O4. The summed E-state index contributed by atoms with van der Waals surface area (Å²) in [6.07, 6.45) is 0.699. The number of rotatable bonds is 9. The summed E-state index contributed by atoms with van der Waals surface area (Å²) in [6.45, 7) is 7.14. The average Bonchev–Trinajstić information content (AvgIpc) is 2.95. The fraction of sp³-hybridized carbons (Fsp3) is 0.304. The Morgan fingerprint density at radius 2 is 1.55 bits per heavy atom. The van der Waals surface area contributed by atoms with Crippen molar-refractivity contribution in [3.05, 3.63) is 59.8 Å². The molecule has 0 bridgehead atoms. The van der Waals surface area contributed by atoms with Crippen molar-refractivity contribution in [3.63, 3.8) is 0 Å². The third kappa shape index (κ3) is 4.26. The summed E-state index contributed by atoms with van der Waals surface area (Å²) < 4.78 is 11.3. The molecule has 6 heteroatoms. The van der Waals surface area contributed by atoms with E-state index >= 15 is 0 Å². The predicted molar refractivity (Wildman–Crippen MR) is 113 cm³/mol. The normalized spacial score (nSPS) is 13.8. The molecule has 3 rings (SSSR count). The van der Waals surface area contributed by atoms with Crippen molar-refractivity contribution in [3.8, 4) is 11.5 Å². The van der Waals surface area contributed by atoms with Crippen LogP contribution in [0.25, 0.3) is 5.57 Å². The van der Waals surface area contributed by atoms with Gasteiger partial charge in [-0.25, -0.2) is 0 Å². The van der Waals surface area contributed by atoms with Crippen molar-refractivity contribution < 1.29 is 19.1 Å². The zero-order valence-corrected chi connectivity index (χ0v) is 17.0. The maximum absolute atomic E-state index is 13.0. The molecule has 2 aromatic rings. The zero-order valence-electron chi connectivity index (χ0n) is 17.0. The summed E-state index contributed by atoms with van der Waals surface area (Å²) >= 11 is 0. The van der Waals surface area contributed by atoms with Crippen LogP contribution in [0.3, 0.4) is 0 Å². The van der Waals surface area contributed by atoms with Gasteiger partial charge < -0.3 is 14.8 Å². The van der Waals surface area contributed by atoms with Crippen LogP contribution in [-0.2, 0) is 9.59 Å². The molecule has 0 aromatic heterocycles. The molecule has 1 aliphatic heterocycles. The van der Waals surface area contributed by atoms with E-state index in [1.165, 1.54) is 4.90 Å². The molecule has 0 fully saturated rings. The molecule has 1 N–H and O–H groups in total. The molecule has 1 heterocycles. The zero-order chi connectivity index (χ0) is 20.8. The van der Waals surface area contributed by atoms with Crippen LogP contribution in [0.15, 0.2) is 54.2 Å². The first-order valence-electron chi connectivity index (χ1n) is 9.93. The molecule has 0 unspecified atom stereocenters. The molecule has 29 heavy (non-hydrogen) atoms. The molecule has 0 saturated carbocycles. The van der Waals surface area contributed by atoms with Gasteiger partial charge in [0.05, 0.1) is 18.8 Å². The molecule has 0 radical (unpaired) electrons. The second-order valence-electron chi connectivity index (χ2n) is 6.53. The largest absolute Gasteiger partial charge is 0.490 e. The smallest absolute Gasteiger partial charge is 0.278 e. The van der Waals surface area contributed by atoms with Crippen LogP contribution in [0.1, 0.15) is 32.8 Å². The highest BCUT2D eigenvalue weighted by Gasteiger charge is 2.38. The maximum atomic E-state index is 13.0. The third-order valence-corrected chi connectivity index (χ3v) is 4.49. The van der Waals surface area contributed by atoms with Crippen LogP contribution in [0.5, 0.6) is 11.5 Å². The standard InChI is InChI=1S/C23H26N2O4/c1-4-14-25-22(26)20(16-10-8-7-9-11-16)21(23(25)27)24-17-12-13-18(28-5-2)19(15-17)29-6-3/h7-13,15,24H,4-6,14H2,1-3H3. The second kappa shape index (κ2) is 9.28. The number of imide groups is 1. The maximum Gasteiger partial charge on any atom is 0.278 e. The van der Waals surface area contributed by atoms with Gasteiger partial charge in [-0.3, -0.25) is 14.5 Å². The lowest BCUT2D eigenvalue weighted by molar-refractivity contribution is -0.136. The highest BCUT2D eigenvalue weighted by Crippen LogP contribution is 2.34. The Bertz CT molecular complexity index is 922. The molecule has 0 spiro atoms. The molecule has 0 aliphatic carbocycles. The second-order valence-corrected chi connectivity index (χ2v) is 6.53. The van der Waals surface area contributed by atoms with Gasteiger partial charge in [-0.2, -0.15) is 0 Å². The number of hydrogen-bond acceptors (Lipinski definition) is 5. The minimum Gasteiger partial charge on any atom is -0.490 e. The van der Waals surface area contributed by atoms with E-state index in [1.807, 2.05) is 57.2 Å². The van der Waals surface area contributed by atoms with Crippen molar-refractivity contribution in [1.82, 2.24) is 4.90 Å². The molecule has 2 aromatic carbocycles. The first-order chi connectivity index (χ1) is 14.1. The van der Waals surface area contributed by atoms with E-state index in [2.05, 4.69) is 5.32 Å². The summed E-state index contributed by atoms with van der Waals surface area (Å²) in [5, 5.41) is 3.16. The number of carbonyl (C=O) groups excluding carboxylic acids is 2. The van der Waals surface area contributed by atoms with E-state index in [9.17, 15) is 9.59 Å². The predicted octanol–water partition coefficient (Wildman–Crippen LogP) is 4.09. The quantitative estimate of drug-likeness (QED) is 0.649. The Morgan fingerprint density at radius 3 is 2.21 bits per heavy atom. The van der Waals surface area contributed by atoms with Crippen LogP contribution in [0, 0.1) is 0 Å². The molecule has 0 atom stereocenters. The summed E-state index contributed by atoms with van der Waals surface area (Å²) in [5.41, 5.74) is 2.03. The topological polar surface area (TPSA) is 67.9 Å². The lowest BCUT2D eigenvalue weighted by Crippen LogP contribution is -2.33. The Hall–Kier alpha value is -3.28. The Labute approximate surface area is 171 Å². The van der Waals surface area contributed by atoms with Crippen molar-refractivity contribution >= 4 is 23.1 Å². The molecular weight excluding hydrogens is 368 g/mol. The van der Waals surface area contributed by atoms with Gasteiger partial charge in [0.25, 0.3) is 11.8 Å². The van der Waals surface area contributed by atoms with E-state index in [4.69, 9.17) is 9.47 Å². The summed E-state index contributed by atoms with van der Waals surface area (Å²) in [7, 11) is 0. The van der Waals surface area contributed by atoms with E-state index < -0.39 is 0 Å². The Kier molecular flexibility index (Phi) is 6.54. The number of ether oxygens (including phenoxy) is 2. The van der Waals surface area contributed by atoms with Gasteiger partial charge in [0.2, 0.25) is 0 Å². The van der Waals surface area contributed by atoms with E-state index in [0.717, 1.165) is 0 Å². The van der Waals surface area contributed by atoms with Crippen molar-refractivity contribution in [1.29, 1.82) is 0 Å². The summed E-state index contributed by atoms with van der Waals surface area (Å²) in [4.78, 5) is 27.3. The number of hydrogen-bond donors (Lipinski definition) is 1. The number of benzene rings is 2.